The number of piperazine rings is 1. The van der Waals surface area contributed by atoms with E-state index in [4.69, 9.17) is 16.3 Å². The van der Waals surface area contributed by atoms with Gasteiger partial charge in [0.15, 0.2) is 5.82 Å². The highest BCUT2D eigenvalue weighted by Crippen LogP contribution is 2.36. The summed E-state index contributed by atoms with van der Waals surface area (Å²) in [5.74, 6) is 0.565. The summed E-state index contributed by atoms with van der Waals surface area (Å²) in [6, 6.07) is 20.3. The van der Waals surface area contributed by atoms with Crippen LogP contribution in [0.3, 0.4) is 0 Å². The Morgan fingerprint density at radius 2 is 1.67 bits per heavy atom. The Morgan fingerprint density at radius 3 is 2.35 bits per heavy atom. The van der Waals surface area contributed by atoms with E-state index in [0.717, 1.165) is 98.7 Å². The quantitative estimate of drug-likeness (QED) is 0.0452. The Bertz CT molecular complexity index is 2980. The number of aromatic nitrogens is 3. The molecule has 0 unspecified atom stereocenters. The van der Waals surface area contributed by atoms with E-state index >= 15 is 0 Å². The van der Waals surface area contributed by atoms with Gasteiger partial charge in [0.25, 0.3) is 0 Å². The second kappa shape index (κ2) is 25.8. The minimum absolute atomic E-state index is 0.0621. The number of thiazole rings is 1. The van der Waals surface area contributed by atoms with Gasteiger partial charge in [-0.05, 0) is 86.4 Å². The fourth-order valence-corrected chi connectivity index (χ4v) is 11.9. The molecule has 3 fully saturated rings. The van der Waals surface area contributed by atoms with Crippen LogP contribution in [0.25, 0.3) is 10.4 Å². The number of amides is 3. The smallest absolute Gasteiger partial charge is 0.246 e. The normalized spacial score (nSPS) is 18.1. The lowest BCUT2D eigenvalue weighted by Crippen LogP contribution is -2.56. The molecule has 0 radical (unpaired) electrons. The largest absolute Gasteiger partial charge is 0.494 e. The summed E-state index contributed by atoms with van der Waals surface area (Å²) < 4.78 is 31.6. The maximum Gasteiger partial charge on any atom is 0.246 e. The second-order valence-corrected chi connectivity index (χ2v) is 24.9. The van der Waals surface area contributed by atoms with Gasteiger partial charge in [0, 0.05) is 96.1 Å². The average molecular weight is 1130 g/mol. The Balaban J connectivity index is 0.742. The maximum atomic E-state index is 14.2. The Morgan fingerprint density at radius 1 is 0.936 bits per heavy atom. The van der Waals surface area contributed by atoms with Crippen molar-refractivity contribution in [3.63, 3.8) is 0 Å². The highest BCUT2D eigenvalue weighted by atomic mass is 35.5. The van der Waals surface area contributed by atoms with E-state index < -0.39 is 33.6 Å². The van der Waals surface area contributed by atoms with E-state index in [0.29, 0.717) is 60.5 Å². The number of sulfonamides is 1. The van der Waals surface area contributed by atoms with Crippen molar-refractivity contribution < 1.29 is 32.6 Å². The van der Waals surface area contributed by atoms with Gasteiger partial charge in [-0.25, -0.2) is 18.4 Å². The molecule has 3 saturated heterocycles. The van der Waals surface area contributed by atoms with Crippen LogP contribution < -0.4 is 35.2 Å². The van der Waals surface area contributed by atoms with Crippen LogP contribution in [0.4, 0.5) is 34.5 Å². The molecule has 3 atom stereocenters. The number of β-amino-alcohol motifs (C(OH)–C–C–N with tert-alkyl or cyclic N) is 1. The van der Waals surface area contributed by atoms with Crippen molar-refractivity contribution in [3.8, 4) is 16.2 Å². The number of rotatable bonds is 21. The van der Waals surface area contributed by atoms with Gasteiger partial charge in [0.2, 0.25) is 33.7 Å². The standard InChI is InChI=1S/C56H75ClN12O7S2/c1-37-51(77-36-60-37)39-17-15-38(16-18-39)33-58-50(72)32-42-30-43(70)35-69(42)54(73)52(56(2,3)4)63-49(71)14-10-11-23-66-26-28-68(29-27-66)40-21-24-67(25-22-40)41-19-20-46(48(31-41)76-6)62-55-59-34-44(57)53(64-55)61-45-12-8-9-13-47(45)65(5)78(7,74)75/h8-9,12-13,15-20,31,34,36,40,42-43,52,70H,10-11,14,21-30,32-33,35H2,1-7H3,(H,58,72)(H,63,71)(H2,59,61,62,64)/t42-,43-,52-/m1/s1. The first-order chi connectivity index (χ1) is 37.2. The summed E-state index contributed by atoms with van der Waals surface area (Å²) in [6.45, 7) is 14.9. The lowest BCUT2D eigenvalue weighted by molar-refractivity contribution is -0.141. The van der Waals surface area contributed by atoms with Crippen molar-refractivity contribution in [2.24, 2.45) is 5.41 Å². The summed E-state index contributed by atoms with van der Waals surface area (Å²) >= 11 is 8.09. The van der Waals surface area contributed by atoms with Crippen molar-refractivity contribution in [1.82, 2.24) is 40.3 Å². The molecule has 420 valence electrons. The van der Waals surface area contributed by atoms with Gasteiger partial charge in [-0.1, -0.05) is 68.8 Å². The van der Waals surface area contributed by atoms with E-state index in [1.165, 1.54) is 17.5 Å². The highest BCUT2D eigenvalue weighted by Gasteiger charge is 2.42. The van der Waals surface area contributed by atoms with Gasteiger partial charge in [-0.3, -0.25) is 23.6 Å². The first-order valence-corrected chi connectivity index (χ1v) is 29.9. The maximum absolute atomic E-state index is 14.2. The predicted octanol–water partition coefficient (Wildman–Crippen LogP) is 7.41. The van der Waals surface area contributed by atoms with Gasteiger partial charge < -0.3 is 45.8 Å². The number of piperidine rings is 1. The average Bonchev–Trinajstić information content (AvgIpc) is 4.03. The van der Waals surface area contributed by atoms with Crippen molar-refractivity contribution >= 4 is 85.2 Å². The summed E-state index contributed by atoms with van der Waals surface area (Å²) in [7, 11) is -0.402. The number of hydrogen-bond acceptors (Lipinski definition) is 16. The number of nitrogens with zero attached hydrogens (tertiary/aromatic N) is 8. The Kier molecular flexibility index (Phi) is 19.2. The van der Waals surface area contributed by atoms with Gasteiger partial charge >= 0.3 is 0 Å². The number of unbranched alkanes of at least 4 members (excludes halogenated alkanes) is 1. The summed E-state index contributed by atoms with van der Waals surface area (Å²) in [4.78, 5) is 64.3. The van der Waals surface area contributed by atoms with Crippen molar-refractivity contribution in [1.29, 1.82) is 0 Å². The molecule has 0 bridgehead atoms. The SMILES string of the molecule is COc1cc(N2CCC(N3CCN(CCCCC(=O)N[C@H](C(=O)N4C[C@H](O)C[C@@H]4CC(=O)NCc4ccc(-c5scnc5C)cc4)C(C)(C)C)CC3)CC2)ccc1Nc1ncc(Cl)c(Nc2ccccc2N(C)S(C)(=O)=O)n1. The van der Waals surface area contributed by atoms with Crippen LogP contribution in [0.15, 0.2) is 78.4 Å². The molecule has 3 aromatic carbocycles. The molecule has 5 aromatic rings. The van der Waals surface area contributed by atoms with Crippen LogP contribution >= 0.6 is 22.9 Å². The number of aryl methyl sites for hydroxylation is 1. The van der Waals surface area contributed by atoms with E-state index in [2.05, 4.69) is 57.0 Å². The zero-order valence-electron chi connectivity index (χ0n) is 45.8. The van der Waals surface area contributed by atoms with Crippen LogP contribution in [-0.2, 0) is 31.0 Å². The fraction of sp³-hybridized carbons (Fsp3) is 0.500. The van der Waals surface area contributed by atoms with Gasteiger partial charge in [-0.2, -0.15) is 4.98 Å². The number of likely N-dealkylation sites (tertiary alicyclic amines) is 1. The van der Waals surface area contributed by atoms with Crippen LogP contribution in [0.2, 0.25) is 5.02 Å². The van der Waals surface area contributed by atoms with Gasteiger partial charge in [-0.15, -0.1) is 11.3 Å². The number of halogens is 1. The first kappa shape index (κ1) is 58.1. The number of methoxy groups -OCH3 is 1. The molecule has 78 heavy (non-hydrogen) atoms. The number of ether oxygens (including phenoxy) is 1. The molecule has 0 spiro atoms. The van der Waals surface area contributed by atoms with E-state index in [1.807, 2.05) is 69.6 Å². The molecular weight excluding hydrogens is 1050 g/mol. The van der Waals surface area contributed by atoms with E-state index in [1.54, 1.807) is 47.6 Å². The zero-order valence-corrected chi connectivity index (χ0v) is 48.2. The molecule has 3 aliphatic rings. The number of aliphatic hydroxyl groups excluding tert-OH is 1. The van der Waals surface area contributed by atoms with Crippen LogP contribution in [0, 0.1) is 12.3 Å². The molecule has 2 aromatic heterocycles. The third-order valence-electron chi connectivity index (χ3n) is 15.0. The summed E-state index contributed by atoms with van der Waals surface area (Å²) in [5.41, 5.74) is 6.95. The number of nitrogens with one attached hydrogen (secondary N) is 4. The second-order valence-electron chi connectivity index (χ2n) is 21.7. The number of para-hydroxylation sites is 2. The predicted molar refractivity (Wildman–Crippen MR) is 310 cm³/mol. The van der Waals surface area contributed by atoms with Gasteiger partial charge in [0.1, 0.15) is 16.8 Å². The van der Waals surface area contributed by atoms with Crippen molar-refractivity contribution in [3.05, 3.63) is 94.7 Å². The molecule has 22 heteroatoms. The Hall–Kier alpha value is -6.10. The molecule has 8 rings (SSSR count). The zero-order chi connectivity index (χ0) is 55.7. The lowest BCUT2D eigenvalue weighted by Gasteiger charge is -2.43. The molecule has 5 heterocycles. The number of hydrogen-bond donors (Lipinski definition) is 5. The lowest BCUT2D eigenvalue weighted by atomic mass is 9.85. The molecule has 5 N–H and O–H groups in total. The van der Waals surface area contributed by atoms with Crippen molar-refractivity contribution in [2.45, 2.75) is 103 Å². The number of anilines is 6. The minimum Gasteiger partial charge on any atom is -0.494 e. The van der Waals surface area contributed by atoms with Gasteiger partial charge in [0.05, 0.1) is 58.8 Å². The number of benzene rings is 3. The van der Waals surface area contributed by atoms with Crippen LogP contribution in [0.1, 0.15) is 77.0 Å². The van der Waals surface area contributed by atoms with E-state index in [9.17, 15) is 27.9 Å². The highest BCUT2D eigenvalue weighted by molar-refractivity contribution is 7.92. The third-order valence-corrected chi connectivity index (χ3v) is 17.5. The molecule has 3 amide bonds. The molecule has 0 aliphatic carbocycles. The fourth-order valence-electron chi connectivity index (χ4n) is 10.5. The van der Waals surface area contributed by atoms with E-state index in [-0.39, 0.29) is 41.7 Å². The number of carbonyl (C=O) groups is 3. The molecule has 3 aliphatic heterocycles. The van der Waals surface area contributed by atoms with Crippen LogP contribution in [-0.4, -0.2) is 158 Å². The first-order valence-electron chi connectivity index (χ1n) is 26.8. The van der Waals surface area contributed by atoms with Crippen LogP contribution in [0.5, 0.6) is 5.75 Å². The monoisotopic (exact) mass is 1130 g/mol. The molecule has 19 nitrogen and oxygen atoms in total. The summed E-state index contributed by atoms with van der Waals surface area (Å²) in [5, 5.41) is 23.4. The topological polar surface area (TPSA) is 218 Å². The molecular formula is C56H75ClN12O7S2. The number of aliphatic hydroxyl groups is 1. The Labute approximate surface area is 468 Å². The van der Waals surface area contributed by atoms with Crippen molar-refractivity contribution in [2.75, 3.05) is 92.6 Å². The number of carbonyl (C=O) groups excluding carboxylic acids is 3. The molecule has 0 saturated carbocycles. The summed E-state index contributed by atoms with van der Waals surface area (Å²) in [6.07, 6.45) is 6.21. The minimum atomic E-state index is -3.52. The third kappa shape index (κ3) is 15.0.